The number of hydrogen-bond acceptors (Lipinski definition) is 8. The van der Waals surface area contributed by atoms with Crippen molar-refractivity contribution in [3.8, 4) is 17.6 Å². The number of nitrogens with one attached hydrogen (secondary N) is 1. The van der Waals surface area contributed by atoms with Gasteiger partial charge in [-0.1, -0.05) is 24.3 Å². The number of rotatable bonds is 8. The van der Waals surface area contributed by atoms with E-state index < -0.39 is 20.9 Å². The van der Waals surface area contributed by atoms with Gasteiger partial charge >= 0.3 is 10.1 Å². The summed E-state index contributed by atoms with van der Waals surface area (Å²) in [5, 5.41) is 22.8. The highest BCUT2D eigenvalue weighted by atomic mass is 32.2. The zero-order valence-corrected chi connectivity index (χ0v) is 18.5. The molecule has 0 aromatic heterocycles. The topological polar surface area (TPSA) is 149 Å². The van der Waals surface area contributed by atoms with Crippen LogP contribution >= 0.6 is 0 Å². The predicted molar refractivity (Wildman–Crippen MR) is 123 cm³/mol. The van der Waals surface area contributed by atoms with E-state index in [1.54, 1.807) is 30.3 Å². The average Bonchev–Trinajstić information content (AvgIpc) is 2.82. The highest BCUT2D eigenvalue weighted by Gasteiger charge is 2.19. The Kier molecular flexibility index (Phi) is 7.25. The number of amides is 1. The predicted octanol–water partition coefficient (Wildman–Crippen LogP) is 3.92. The maximum absolute atomic E-state index is 12.6. The molecule has 10 nitrogen and oxygen atoms in total. The number of non-ortho nitro benzene ring substituents is 1. The van der Waals surface area contributed by atoms with Crippen molar-refractivity contribution in [2.75, 3.05) is 12.4 Å². The fraction of sp³-hybridized carbons (Fsp3) is 0.0435. The van der Waals surface area contributed by atoms with E-state index >= 15 is 0 Å². The molecule has 0 radical (unpaired) electrons. The van der Waals surface area contributed by atoms with Crippen LogP contribution in [0.25, 0.3) is 6.08 Å². The second-order valence-electron chi connectivity index (χ2n) is 6.69. The smallest absolute Gasteiger partial charge is 0.339 e. The second kappa shape index (κ2) is 10.3. The van der Waals surface area contributed by atoms with E-state index in [1.165, 1.54) is 31.4 Å². The molecule has 0 spiro atoms. The zero-order valence-electron chi connectivity index (χ0n) is 17.7. The van der Waals surface area contributed by atoms with Gasteiger partial charge in [0.1, 0.15) is 28.0 Å². The van der Waals surface area contributed by atoms with Gasteiger partial charge in [-0.2, -0.15) is 13.7 Å². The van der Waals surface area contributed by atoms with E-state index in [1.807, 2.05) is 6.07 Å². The summed E-state index contributed by atoms with van der Waals surface area (Å²) in [5.74, 6) is -0.341. The van der Waals surface area contributed by atoms with Crippen LogP contribution < -0.4 is 14.2 Å². The van der Waals surface area contributed by atoms with Crippen LogP contribution in [-0.4, -0.2) is 26.4 Å². The number of nitrogens with zero attached hydrogens (tertiary/aromatic N) is 2. The zero-order chi connectivity index (χ0) is 24.7. The van der Waals surface area contributed by atoms with Gasteiger partial charge in [0.05, 0.1) is 17.7 Å². The minimum Gasteiger partial charge on any atom is -0.495 e. The van der Waals surface area contributed by atoms with Gasteiger partial charge in [-0.05, 0) is 48.0 Å². The molecule has 0 aliphatic carbocycles. The van der Waals surface area contributed by atoms with Crippen LogP contribution in [-0.2, 0) is 14.9 Å². The van der Waals surface area contributed by atoms with E-state index in [4.69, 9.17) is 8.92 Å². The van der Waals surface area contributed by atoms with Crippen molar-refractivity contribution in [3.05, 3.63) is 94.0 Å². The molecule has 3 aromatic carbocycles. The van der Waals surface area contributed by atoms with Crippen molar-refractivity contribution < 1.29 is 27.1 Å². The Morgan fingerprint density at radius 2 is 1.79 bits per heavy atom. The van der Waals surface area contributed by atoms with Crippen LogP contribution in [0.2, 0.25) is 0 Å². The number of anilines is 1. The van der Waals surface area contributed by atoms with Gasteiger partial charge in [0.2, 0.25) is 0 Å². The van der Waals surface area contributed by atoms with E-state index in [0.29, 0.717) is 17.0 Å². The Hall–Kier alpha value is -4.69. The standard InChI is InChI=1S/C23H17N3O7S/c1-32-22-8-3-2-7-21(22)25-23(27)17(15-24)13-16-5-4-6-19(14-16)33-34(30,31)20-11-9-18(10-12-20)26(28)29/h2-14H,1H3,(H,25,27)/b17-13+. The van der Waals surface area contributed by atoms with Gasteiger partial charge in [-0.15, -0.1) is 0 Å². The molecule has 0 unspecified atom stereocenters. The van der Waals surface area contributed by atoms with Crippen molar-refractivity contribution in [1.82, 2.24) is 0 Å². The minimum absolute atomic E-state index is 0.0745. The largest absolute Gasteiger partial charge is 0.495 e. The molecular weight excluding hydrogens is 462 g/mol. The van der Waals surface area contributed by atoms with Crippen LogP contribution in [0, 0.1) is 21.4 Å². The van der Waals surface area contributed by atoms with Crippen molar-refractivity contribution in [1.29, 1.82) is 5.26 Å². The molecule has 34 heavy (non-hydrogen) atoms. The molecule has 0 bridgehead atoms. The summed E-state index contributed by atoms with van der Waals surface area (Å²) >= 11 is 0. The van der Waals surface area contributed by atoms with Gasteiger partial charge in [0.25, 0.3) is 11.6 Å². The molecule has 0 saturated heterocycles. The number of ether oxygens (including phenoxy) is 1. The lowest BCUT2D eigenvalue weighted by Gasteiger charge is -2.09. The summed E-state index contributed by atoms with van der Waals surface area (Å²) in [4.78, 5) is 22.4. The van der Waals surface area contributed by atoms with Crippen LogP contribution in [0.5, 0.6) is 11.5 Å². The molecule has 3 rings (SSSR count). The number of carbonyl (C=O) groups excluding carboxylic acids is 1. The maximum Gasteiger partial charge on any atom is 0.339 e. The third-order valence-electron chi connectivity index (χ3n) is 4.43. The van der Waals surface area contributed by atoms with Crippen molar-refractivity contribution in [3.63, 3.8) is 0 Å². The van der Waals surface area contributed by atoms with E-state index in [2.05, 4.69) is 5.32 Å². The number of nitro benzene ring substituents is 1. The first kappa shape index (κ1) is 24.0. The maximum atomic E-state index is 12.6. The lowest BCUT2D eigenvalue weighted by atomic mass is 10.1. The molecule has 3 aromatic rings. The van der Waals surface area contributed by atoms with Crippen LogP contribution in [0.15, 0.2) is 83.3 Å². The quantitative estimate of drug-likeness (QED) is 0.168. The second-order valence-corrected chi connectivity index (χ2v) is 8.23. The summed E-state index contributed by atoms with van der Waals surface area (Å²) < 4.78 is 35.3. The summed E-state index contributed by atoms with van der Waals surface area (Å²) in [6.45, 7) is 0. The Balaban J connectivity index is 1.81. The normalized spacial score (nSPS) is 11.2. The molecule has 0 aliphatic heterocycles. The van der Waals surface area contributed by atoms with Gasteiger partial charge < -0.3 is 14.2 Å². The first-order valence-corrected chi connectivity index (χ1v) is 11.0. The first-order chi connectivity index (χ1) is 16.2. The summed E-state index contributed by atoms with van der Waals surface area (Å²) in [5.41, 5.74) is 0.216. The Morgan fingerprint density at radius 3 is 2.44 bits per heavy atom. The molecule has 1 amide bonds. The van der Waals surface area contributed by atoms with Gasteiger partial charge in [-0.3, -0.25) is 14.9 Å². The number of hydrogen-bond donors (Lipinski definition) is 1. The SMILES string of the molecule is COc1ccccc1NC(=O)/C(C#N)=C/c1cccc(OS(=O)(=O)c2ccc([N+](=O)[O-])cc2)c1. The summed E-state index contributed by atoms with van der Waals surface area (Å²) in [6, 6.07) is 18.5. The third kappa shape index (κ3) is 5.76. The number of carbonyl (C=O) groups is 1. The fourth-order valence-corrected chi connectivity index (χ4v) is 3.74. The van der Waals surface area contributed by atoms with E-state index in [-0.39, 0.29) is 21.9 Å². The van der Waals surface area contributed by atoms with Gasteiger partial charge in [0.15, 0.2) is 0 Å². The lowest BCUT2D eigenvalue weighted by molar-refractivity contribution is -0.384. The minimum atomic E-state index is -4.27. The van der Waals surface area contributed by atoms with Crippen LogP contribution in [0.4, 0.5) is 11.4 Å². The van der Waals surface area contributed by atoms with Crippen LogP contribution in [0.1, 0.15) is 5.56 Å². The molecule has 172 valence electrons. The number of methoxy groups -OCH3 is 1. The van der Waals surface area contributed by atoms with Crippen molar-refractivity contribution in [2.45, 2.75) is 4.90 Å². The van der Waals surface area contributed by atoms with E-state index in [0.717, 1.165) is 24.3 Å². The molecule has 0 atom stereocenters. The fourth-order valence-electron chi connectivity index (χ4n) is 2.82. The van der Waals surface area contributed by atoms with Crippen molar-refractivity contribution in [2.24, 2.45) is 0 Å². The van der Waals surface area contributed by atoms with Gasteiger partial charge in [-0.25, -0.2) is 0 Å². The molecule has 0 fully saturated rings. The number of benzene rings is 3. The molecule has 1 N–H and O–H groups in total. The molecule has 11 heteroatoms. The Labute approximate surface area is 194 Å². The monoisotopic (exact) mass is 479 g/mol. The average molecular weight is 479 g/mol. The Bertz CT molecular complexity index is 1410. The van der Waals surface area contributed by atoms with Crippen LogP contribution in [0.3, 0.4) is 0 Å². The molecular formula is C23H17N3O7S. The van der Waals surface area contributed by atoms with Gasteiger partial charge in [0, 0.05) is 12.1 Å². The Morgan fingerprint density at radius 1 is 1.09 bits per heavy atom. The summed E-state index contributed by atoms with van der Waals surface area (Å²) in [6.07, 6.45) is 1.27. The van der Waals surface area contributed by atoms with Crippen molar-refractivity contribution >= 4 is 33.5 Å². The number of nitriles is 1. The lowest BCUT2D eigenvalue weighted by Crippen LogP contribution is -2.14. The first-order valence-electron chi connectivity index (χ1n) is 9.58. The number of nitro groups is 1. The van der Waals surface area contributed by atoms with E-state index in [9.17, 15) is 28.6 Å². The molecule has 0 saturated carbocycles. The summed E-state index contributed by atoms with van der Waals surface area (Å²) in [7, 11) is -2.83. The third-order valence-corrected chi connectivity index (χ3v) is 5.69. The number of para-hydroxylation sites is 2. The molecule has 0 aliphatic rings. The highest BCUT2D eigenvalue weighted by Crippen LogP contribution is 2.25. The highest BCUT2D eigenvalue weighted by molar-refractivity contribution is 7.87. The molecule has 0 heterocycles.